The minimum absolute atomic E-state index is 0.173. The fourth-order valence-corrected chi connectivity index (χ4v) is 2.48. The van der Waals surface area contributed by atoms with Crippen LogP contribution in [0.5, 0.6) is 0 Å². The van der Waals surface area contributed by atoms with Gasteiger partial charge >= 0.3 is 0 Å². The topological polar surface area (TPSA) is 35.5 Å². The first-order valence-corrected chi connectivity index (χ1v) is 5.56. The van der Waals surface area contributed by atoms with Crippen LogP contribution in [0, 0.1) is 5.92 Å². The summed E-state index contributed by atoms with van der Waals surface area (Å²) in [5.74, 6) is 0.178. The number of Topliss-reactive ketones (excluding diaryl/α,β-unsaturated/α-hetero) is 1. The number of carbonyl (C=O) groups excluding carboxylic acids is 1. The average Bonchev–Trinajstić information content (AvgIpc) is 2.61. The van der Waals surface area contributed by atoms with Crippen LogP contribution in [-0.2, 0) is 14.3 Å². The van der Waals surface area contributed by atoms with Crippen LogP contribution in [0.2, 0.25) is 0 Å². The van der Waals surface area contributed by atoms with Crippen LogP contribution in [-0.4, -0.2) is 24.8 Å². The van der Waals surface area contributed by atoms with E-state index in [1.54, 1.807) is 0 Å². The predicted octanol–water partition coefficient (Wildman–Crippen LogP) is 1.90. The molecule has 0 aromatic carbocycles. The van der Waals surface area contributed by atoms with Crippen LogP contribution < -0.4 is 0 Å². The van der Waals surface area contributed by atoms with E-state index in [0.717, 1.165) is 25.7 Å². The standard InChI is InChI=1S/C11H18O3/c1-2-3-9-8-11(5-4-10(9)12)13-6-7-14-11/h9H,2-8H2,1H3. The smallest absolute Gasteiger partial charge is 0.169 e. The summed E-state index contributed by atoms with van der Waals surface area (Å²) in [7, 11) is 0. The SMILES string of the molecule is CCCC1CC2(CCC1=O)OCCO2. The third kappa shape index (κ3) is 1.84. The summed E-state index contributed by atoms with van der Waals surface area (Å²) in [6.45, 7) is 3.49. The van der Waals surface area contributed by atoms with Crippen molar-refractivity contribution in [3.05, 3.63) is 0 Å². The molecule has 1 spiro atoms. The molecular weight excluding hydrogens is 180 g/mol. The molecule has 3 heteroatoms. The van der Waals surface area contributed by atoms with Crippen molar-refractivity contribution in [1.29, 1.82) is 0 Å². The Morgan fingerprint density at radius 2 is 2.14 bits per heavy atom. The molecule has 14 heavy (non-hydrogen) atoms. The summed E-state index contributed by atoms with van der Waals surface area (Å²) in [5, 5.41) is 0. The van der Waals surface area contributed by atoms with E-state index in [-0.39, 0.29) is 5.92 Å². The number of ketones is 1. The first-order valence-electron chi connectivity index (χ1n) is 5.56. The van der Waals surface area contributed by atoms with Gasteiger partial charge < -0.3 is 9.47 Å². The summed E-state index contributed by atoms with van der Waals surface area (Å²) < 4.78 is 11.3. The van der Waals surface area contributed by atoms with Gasteiger partial charge in [0.2, 0.25) is 0 Å². The van der Waals surface area contributed by atoms with Crippen molar-refractivity contribution in [1.82, 2.24) is 0 Å². The van der Waals surface area contributed by atoms with Crippen LogP contribution in [0.25, 0.3) is 0 Å². The maximum Gasteiger partial charge on any atom is 0.169 e. The maximum absolute atomic E-state index is 11.6. The van der Waals surface area contributed by atoms with Gasteiger partial charge in [-0.1, -0.05) is 13.3 Å². The summed E-state index contributed by atoms with van der Waals surface area (Å²) in [6.07, 6.45) is 4.20. The van der Waals surface area contributed by atoms with Gasteiger partial charge in [-0.15, -0.1) is 0 Å². The van der Waals surface area contributed by atoms with Crippen LogP contribution in [0.4, 0.5) is 0 Å². The molecule has 0 aromatic rings. The fraction of sp³-hybridized carbons (Fsp3) is 0.909. The molecule has 80 valence electrons. The Bertz CT molecular complexity index is 219. The summed E-state index contributed by atoms with van der Waals surface area (Å²) in [5.41, 5.74) is 0. The lowest BCUT2D eigenvalue weighted by atomic mass is 9.81. The highest BCUT2D eigenvalue weighted by atomic mass is 16.7. The van der Waals surface area contributed by atoms with E-state index >= 15 is 0 Å². The highest BCUT2D eigenvalue weighted by molar-refractivity contribution is 5.82. The molecule has 2 rings (SSSR count). The van der Waals surface area contributed by atoms with Crippen molar-refractivity contribution in [2.75, 3.05) is 13.2 Å². The third-order valence-corrected chi connectivity index (χ3v) is 3.22. The van der Waals surface area contributed by atoms with Crippen LogP contribution in [0.1, 0.15) is 39.0 Å². The number of hydrogen-bond donors (Lipinski definition) is 0. The zero-order valence-corrected chi connectivity index (χ0v) is 8.75. The second-order valence-corrected chi connectivity index (χ2v) is 4.26. The molecule has 1 saturated carbocycles. The first kappa shape index (κ1) is 10.1. The molecule has 0 bridgehead atoms. The largest absolute Gasteiger partial charge is 0.347 e. The highest BCUT2D eigenvalue weighted by Gasteiger charge is 2.44. The van der Waals surface area contributed by atoms with Crippen LogP contribution in [0.15, 0.2) is 0 Å². The van der Waals surface area contributed by atoms with Gasteiger partial charge in [-0.05, 0) is 6.42 Å². The molecule has 3 nitrogen and oxygen atoms in total. The molecule has 1 saturated heterocycles. The molecule has 1 aliphatic carbocycles. The van der Waals surface area contributed by atoms with Crippen LogP contribution >= 0.6 is 0 Å². The molecule has 0 N–H and O–H groups in total. The van der Waals surface area contributed by atoms with Gasteiger partial charge in [0, 0.05) is 25.2 Å². The number of ether oxygens (including phenoxy) is 2. The molecule has 0 amide bonds. The second kappa shape index (κ2) is 3.99. The lowest BCUT2D eigenvalue weighted by molar-refractivity contribution is -0.189. The van der Waals surface area contributed by atoms with Gasteiger partial charge in [-0.25, -0.2) is 0 Å². The Hall–Kier alpha value is -0.410. The minimum Gasteiger partial charge on any atom is -0.347 e. The Morgan fingerprint density at radius 3 is 2.79 bits per heavy atom. The second-order valence-electron chi connectivity index (χ2n) is 4.26. The van der Waals surface area contributed by atoms with E-state index < -0.39 is 5.79 Å². The number of carbonyl (C=O) groups is 1. The Kier molecular flexibility index (Phi) is 2.88. The van der Waals surface area contributed by atoms with Crippen molar-refractivity contribution in [2.45, 2.75) is 44.8 Å². The van der Waals surface area contributed by atoms with Gasteiger partial charge in [0.1, 0.15) is 5.78 Å². The lowest BCUT2D eigenvalue weighted by Gasteiger charge is -2.35. The first-order chi connectivity index (χ1) is 6.76. The fourth-order valence-electron chi connectivity index (χ4n) is 2.48. The molecular formula is C11H18O3. The van der Waals surface area contributed by atoms with Crippen LogP contribution in [0.3, 0.4) is 0 Å². The summed E-state index contributed by atoms with van der Waals surface area (Å²) >= 11 is 0. The Balaban J connectivity index is 2.00. The zero-order valence-electron chi connectivity index (χ0n) is 8.75. The van der Waals surface area contributed by atoms with E-state index in [9.17, 15) is 4.79 Å². The number of hydrogen-bond acceptors (Lipinski definition) is 3. The van der Waals surface area contributed by atoms with E-state index in [1.165, 1.54) is 0 Å². The van der Waals surface area contributed by atoms with Gasteiger partial charge in [0.25, 0.3) is 0 Å². The molecule has 2 fully saturated rings. The zero-order chi connectivity index (χ0) is 10.0. The Morgan fingerprint density at radius 1 is 1.43 bits per heavy atom. The monoisotopic (exact) mass is 198 g/mol. The number of rotatable bonds is 2. The average molecular weight is 198 g/mol. The molecule has 0 radical (unpaired) electrons. The van der Waals surface area contributed by atoms with E-state index in [1.807, 2.05) is 0 Å². The molecule has 0 aromatic heterocycles. The van der Waals surface area contributed by atoms with Crippen molar-refractivity contribution in [2.24, 2.45) is 5.92 Å². The van der Waals surface area contributed by atoms with Crippen molar-refractivity contribution < 1.29 is 14.3 Å². The van der Waals surface area contributed by atoms with Crippen molar-refractivity contribution in [3.8, 4) is 0 Å². The Labute approximate surface area is 84.8 Å². The van der Waals surface area contributed by atoms with Crippen molar-refractivity contribution >= 4 is 5.78 Å². The molecule has 1 aliphatic heterocycles. The van der Waals surface area contributed by atoms with E-state index in [0.29, 0.717) is 25.4 Å². The van der Waals surface area contributed by atoms with Gasteiger partial charge in [-0.2, -0.15) is 0 Å². The van der Waals surface area contributed by atoms with Gasteiger partial charge in [-0.3, -0.25) is 4.79 Å². The minimum atomic E-state index is -0.395. The lowest BCUT2D eigenvalue weighted by Crippen LogP contribution is -2.40. The maximum atomic E-state index is 11.6. The summed E-state index contributed by atoms with van der Waals surface area (Å²) in [6, 6.07) is 0. The molecule has 1 unspecified atom stereocenters. The van der Waals surface area contributed by atoms with Gasteiger partial charge in [0.05, 0.1) is 13.2 Å². The highest BCUT2D eigenvalue weighted by Crippen LogP contribution is 2.38. The molecule has 1 heterocycles. The predicted molar refractivity (Wildman–Crippen MR) is 51.9 cm³/mol. The normalized spacial score (nSPS) is 31.2. The van der Waals surface area contributed by atoms with E-state index in [2.05, 4.69) is 6.92 Å². The van der Waals surface area contributed by atoms with Gasteiger partial charge in [0.15, 0.2) is 5.79 Å². The summed E-state index contributed by atoms with van der Waals surface area (Å²) in [4.78, 5) is 11.6. The van der Waals surface area contributed by atoms with Crippen molar-refractivity contribution in [3.63, 3.8) is 0 Å². The third-order valence-electron chi connectivity index (χ3n) is 3.22. The molecule has 1 atom stereocenters. The van der Waals surface area contributed by atoms with E-state index in [4.69, 9.17) is 9.47 Å². The molecule has 2 aliphatic rings. The quantitative estimate of drug-likeness (QED) is 0.679.